The molecule has 2 N–H and O–H groups in total. The fourth-order valence-electron chi connectivity index (χ4n) is 3.37. The zero-order valence-electron chi connectivity index (χ0n) is 13.6. The number of likely N-dealkylation sites (N-methyl/N-ethyl adjacent to an activating group) is 1. The molecule has 0 radical (unpaired) electrons. The van der Waals surface area contributed by atoms with Crippen molar-refractivity contribution in [3.63, 3.8) is 0 Å². The minimum absolute atomic E-state index is 0.171. The van der Waals surface area contributed by atoms with Crippen molar-refractivity contribution in [1.82, 2.24) is 15.5 Å². The molecule has 122 valence electrons. The van der Waals surface area contributed by atoms with Crippen molar-refractivity contribution in [1.29, 1.82) is 0 Å². The monoisotopic (exact) mass is 306 g/mol. The Balaban J connectivity index is 1.54. The summed E-state index contributed by atoms with van der Waals surface area (Å²) in [6.07, 6.45) is 5.95. The van der Waals surface area contributed by atoms with Crippen molar-refractivity contribution in [2.75, 3.05) is 27.7 Å². The maximum absolute atomic E-state index is 5.88. The minimum atomic E-state index is 0.171. The van der Waals surface area contributed by atoms with Crippen LogP contribution in [0.25, 0.3) is 0 Å². The Morgan fingerprint density at radius 1 is 1.45 bits per heavy atom. The number of furan rings is 1. The number of nitrogens with one attached hydrogen (secondary N) is 2. The fraction of sp³-hybridized carbons (Fsp3) is 0.688. The molecule has 2 aliphatic heterocycles. The molecule has 3 rings (SSSR count). The number of guanidine groups is 1. The van der Waals surface area contributed by atoms with Crippen LogP contribution in [0.2, 0.25) is 0 Å². The van der Waals surface area contributed by atoms with Crippen LogP contribution in [0.1, 0.15) is 31.1 Å². The van der Waals surface area contributed by atoms with E-state index in [1.54, 1.807) is 13.3 Å². The number of aliphatic imine (C=N–C) groups is 1. The standard InChI is InChI=1S/C16H26N4O2/c1-17-16(19-12-9-11-6-7-14(12)22-11)18-10-13(20(2)3)15-5-4-8-21-15/h4-5,8,11-14H,6-7,9-10H2,1-3H3,(H2,17,18,19). The van der Waals surface area contributed by atoms with Crippen molar-refractivity contribution < 1.29 is 9.15 Å². The highest BCUT2D eigenvalue weighted by Crippen LogP contribution is 2.34. The molecule has 0 saturated carbocycles. The molecule has 1 aromatic rings. The van der Waals surface area contributed by atoms with Crippen molar-refractivity contribution in [3.05, 3.63) is 24.2 Å². The molecule has 0 amide bonds. The van der Waals surface area contributed by atoms with Gasteiger partial charge in [0.1, 0.15) is 5.76 Å². The van der Waals surface area contributed by atoms with E-state index in [1.807, 2.05) is 12.1 Å². The number of nitrogens with zero attached hydrogens (tertiary/aromatic N) is 2. The van der Waals surface area contributed by atoms with Gasteiger partial charge in [0.15, 0.2) is 5.96 Å². The Hall–Kier alpha value is -1.53. The molecule has 2 bridgehead atoms. The van der Waals surface area contributed by atoms with Crippen molar-refractivity contribution in [3.8, 4) is 0 Å². The molecule has 2 aliphatic rings. The molecular weight excluding hydrogens is 280 g/mol. The fourth-order valence-corrected chi connectivity index (χ4v) is 3.37. The van der Waals surface area contributed by atoms with Crippen LogP contribution in [0, 0.1) is 0 Å². The van der Waals surface area contributed by atoms with Crippen LogP contribution in [0.15, 0.2) is 27.8 Å². The minimum Gasteiger partial charge on any atom is -0.468 e. The zero-order valence-corrected chi connectivity index (χ0v) is 13.6. The molecule has 0 aromatic carbocycles. The summed E-state index contributed by atoms with van der Waals surface area (Å²) in [6.45, 7) is 0.738. The second kappa shape index (κ2) is 6.71. The van der Waals surface area contributed by atoms with Crippen LogP contribution in [0.4, 0.5) is 0 Å². The summed E-state index contributed by atoms with van der Waals surface area (Å²) in [6, 6.07) is 4.48. The third-order valence-corrected chi connectivity index (χ3v) is 4.61. The summed E-state index contributed by atoms with van der Waals surface area (Å²) in [4.78, 5) is 6.48. The lowest BCUT2D eigenvalue weighted by molar-refractivity contribution is 0.0992. The Morgan fingerprint density at radius 3 is 2.86 bits per heavy atom. The lowest BCUT2D eigenvalue weighted by atomic mass is 9.96. The first kappa shape index (κ1) is 15.4. The first-order valence-electron chi connectivity index (χ1n) is 8.00. The van der Waals surface area contributed by atoms with E-state index in [4.69, 9.17) is 9.15 Å². The second-order valence-electron chi connectivity index (χ2n) is 6.31. The quantitative estimate of drug-likeness (QED) is 0.635. The smallest absolute Gasteiger partial charge is 0.191 e. The number of fused-ring (bicyclic) bond motifs is 2. The van der Waals surface area contributed by atoms with Crippen molar-refractivity contribution in [2.24, 2.45) is 4.99 Å². The van der Waals surface area contributed by atoms with Crippen molar-refractivity contribution in [2.45, 2.75) is 43.6 Å². The van der Waals surface area contributed by atoms with Crippen LogP contribution in [0.3, 0.4) is 0 Å². The van der Waals surface area contributed by atoms with Gasteiger partial charge in [-0.1, -0.05) is 0 Å². The van der Waals surface area contributed by atoms with Crippen LogP contribution in [0.5, 0.6) is 0 Å². The molecule has 1 aromatic heterocycles. The molecule has 0 spiro atoms. The first-order valence-corrected chi connectivity index (χ1v) is 8.00. The Bertz CT molecular complexity index is 500. The predicted molar refractivity (Wildman–Crippen MR) is 85.9 cm³/mol. The summed E-state index contributed by atoms with van der Waals surface area (Å²) in [5.74, 6) is 1.79. The van der Waals surface area contributed by atoms with E-state index in [2.05, 4.69) is 34.6 Å². The summed E-state index contributed by atoms with van der Waals surface area (Å²) in [5, 5.41) is 6.91. The van der Waals surface area contributed by atoms with Gasteiger partial charge >= 0.3 is 0 Å². The highest BCUT2D eigenvalue weighted by molar-refractivity contribution is 5.80. The van der Waals surface area contributed by atoms with Gasteiger partial charge in [-0.25, -0.2) is 0 Å². The zero-order chi connectivity index (χ0) is 15.5. The van der Waals surface area contributed by atoms with Crippen LogP contribution in [-0.2, 0) is 4.74 Å². The average molecular weight is 306 g/mol. The van der Waals surface area contributed by atoms with E-state index >= 15 is 0 Å². The topological polar surface area (TPSA) is 62.0 Å². The average Bonchev–Trinajstić information content (AvgIpc) is 3.23. The van der Waals surface area contributed by atoms with Gasteiger partial charge in [-0.05, 0) is 45.5 Å². The SMILES string of the molecule is CN=C(NCC(c1ccco1)N(C)C)NC1CC2CCC1O2. The van der Waals surface area contributed by atoms with Gasteiger partial charge < -0.3 is 19.8 Å². The Kier molecular flexibility index (Phi) is 4.69. The maximum Gasteiger partial charge on any atom is 0.191 e. The van der Waals surface area contributed by atoms with Crippen molar-refractivity contribution >= 4 is 5.96 Å². The van der Waals surface area contributed by atoms with Gasteiger partial charge in [0.25, 0.3) is 0 Å². The highest BCUT2D eigenvalue weighted by atomic mass is 16.5. The molecule has 2 fully saturated rings. The van der Waals surface area contributed by atoms with E-state index in [9.17, 15) is 0 Å². The lowest BCUT2D eigenvalue weighted by Crippen LogP contribution is -2.49. The molecule has 6 nitrogen and oxygen atoms in total. The van der Waals surface area contributed by atoms with E-state index < -0.39 is 0 Å². The number of hydrogen-bond acceptors (Lipinski definition) is 4. The van der Waals surface area contributed by atoms with Gasteiger partial charge in [0.2, 0.25) is 0 Å². The lowest BCUT2D eigenvalue weighted by Gasteiger charge is -2.26. The summed E-state index contributed by atoms with van der Waals surface area (Å²) in [5.41, 5.74) is 0. The summed E-state index contributed by atoms with van der Waals surface area (Å²) < 4.78 is 11.4. The number of rotatable bonds is 5. The molecule has 3 heterocycles. The number of ether oxygens (including phenoxy) is 1. The van der Waals surface area contributed by atoms with E-state index in [-0.39, 0.29) is 6.04 Å². The Morgan fingerprint density at radius 2 is 2.32 bits per heavy atom. The predicted octanol–water partition coefficient (Wildman–Crippen LogP) is 1.37. The summed E-state index contributed by atoms with van der Waals surface area (Å²) >= 11 is 0. The van der Waals surface area contributed by atoms with Gasteiger partial charge in [0.05, 0.1) is 30.6 Å². The van der Waals surface area contributed by atoms with Crippen LogP contribution in [-0.4, -0.2) is 56.8 Å². The molecule has 4 unspecified atom stereocenters. The Labute approximate surface area is 131 Å². The summed E-state index contributed by atoms with van der Waals surface area (Å²) in [7, 11) is 5.91. The molecule has 2 saturated heterocycles. The number of hydrogen-bond donors (Lipinski definition) is 2. The third kappa shape index (κ3) is 3.28. The van der Waals surface area contributed by atoms with Gasteiger partial charge in [0, 0.05) is 13.6 Å². The largest absolute Gasteiger partial charge is 0.468 e. The van der Waals surface area contributed by atoms with Gasteiger partial charge in [-0.15, -0.1) is 0 Å². The van der Waals surface area contributed by atoms with E-state index in [0.29, 0.717) is 18.2 Å². The van der Waals surface area contributed by atoms with E-state index in [0.717, 1.165) is 31.1 Å². The second-order valence-corrected chi connectivity index (χ2v) is 6.31. The molecule has 0 aliphatic carbocycles. The van der Waals surface area contributed by atoms with Crippen LogP contribution >= 0.6 is 0 Å². The van der Waals surface area contributed by atoms with E-state index in [1.165, 1.54) is 6.42 Å². The van der Waals surface area contributed by atoms with Gasteiger partial charge in [-0.2, -0.15) is 0 Å². The van der Waals surface area contributed by atoms with Crippen LogP contribution < -0.4 is 10.6 Å². The maximum atomic E-state index is 5.88. The molecule has 4 atom stereocenters. The highest BCUT2D eigenvalue weighted by Gasteiger charge is 2.41. The molecular formula is C16H26N4O2. The third-order valence-electron chi connectivity index (χ3n) is 4.61. The first-order chi connectivity index (χ1) is 10.7. The molecule has 6 heteroatoms. The van der Waals surface area contributed by atoms with Gasteiger partial charge in [-0.3, -0.25) is 9.89 Å². The molecule has 22 heavy (non-hydrogen) atoms. The normalized spacial score (nSPS) is 29.1.